The lowest BCUT2D eigenvalue weighted by Crippen LogP contribution is -2.44. The zero-order chi connectivity index (χ0) is 17.0. The van der Waals surface area contributed by atoms with Crippen LogP contribution in [0.25, 0.3) is 0 Å². The number of nitrogens with one attached hydrogen (secondary N) is 1. The molecule has 2 rings (SSSR count). The van der Waals surface area contributed by atoms with Crippen LogP contribution < -0.4 is 5.32 Å². The van der Waals surface area contributed by atoms with Crippen molar-refractivity contribution in [2.75, 3.05) is 25.0 Å². The maximum atomic E-state index is 12.2. The second kappa shape index (κ2) is 7.34. The number of piperidine rings is 1. The minimum atomic E-state index is -0.461. The van der Waals surface area contributed by atoms with E-state index in [4.69, 9.17) is 16.3 Å². The molecule has 23 heavy (non-hydrogen) atoms. The van der Waals surface area contributed by atoms with Crippen molar-refractivity contribution in [3.05, 3.63) is 17.0 Å². The number of anilines is 1. The number of nitrogens with zero attached hydrogens (tertiary/aromatic N) is 3. The Hall–Kier alpha value is -1.56. The largest absolute Gasteiger partial charge is 0.444 e. The van der Waals surface area contributed by atoms with Crippen LogP contribution in [-0.2, 0) is 4.74 Å². The van der Waals surface area contributed by atoms with Gasteiger partial charge in [0.1, 0.15) is 11.4 Å². The van der Waals surface area contributed by atoms with Crippen molar-refractivity contribution in [2.45, 2.75) is 46.1 Å². The fourth-order valence-corrected chi connectivity index (χ4v) is 2.82. The van der Waals surface area contributed by atoms with Crippen LogP contribution in [-0.4, -0.2) is 46.2 Å². The quantitative estimate of drug-likeness (QED) is 0.853. The highest BCUT2D eigenvalue weighted by molar-refractivity contribution is 6.28. The maximum Gasteiger partial charge on any atom is 0.410 e. The first kappa shape index (κ1) is 17.8. The molecule has 0 radical (unpaired) electrons. The van der Waals surface area contributed by atoms with E-state index in [9.17, 15) is 4.79 Å². The smallest absolute Gasteiger partial charge is 0.410 e. The van der Waals surface area contributed by atoms with Gasteiger partial charge in [-0.15, -0.1) is 0 Å². The van der Waals surface area contributed by atoms with E-state index in [1.807, 2.05) is 33.8 Å². The van der Waals surface area contributed by atoms with Crippen LogP contribution in [0.5, 0.6) is 0 Å². The molecule has 1 amide bonds. The standard InChI is InChI=1S/C16H25ClN4O2/c1-11-8-13(20-14(17)19-11)18-9-12-6-5-7-21(10-12)15(22)23-16(2,3)4/h8,12H,5-7,9-10H2,1-4H3,(H,18,19,20). The molecule has 1 aromatic rings. The Morgan fingerprint density at radius 2 is 2.22 bits per heavy atom. The molecule has 0 saturated carbocycles. The molecule has 1 N–H and O–H groups in total. The third-order valence-corrected chi connectivity index (χ3v) is 3.74. The van der Waals surface area contributed by atoms with Crippen LogP contribution in [0.15, 0.2) is 6.07 Å². The zero-order valence-corrected chi connectivity index (χ0v) is 15.0. The SMILES string of the molecule is Cc1cc(NCC2CCCN(C(=O)OC(C)(C)C)C2)nc(Cl)n1. The summed E-state index contributed by atoms with van der Waals surface area (Å²) < 4.78 is 5.45. The number of aryl methyl sites for hydroxylation is 1. The maximum absolute atomic E-state index is 12.2. The predicted octanol–water partition coefficient (Wildman–Crippen LogP) is 3.50. The van der Waals surface area contributed by atoms with Crippen LogP contribution in [0, 0.1) is 12.8 Å². The highest BCUT2D eigenvalue weighted by atomic mass is 35.5. The van der Waals surface area contributed by atoms with Gasteiger partial charge in [0.2, 0.25) is 5.28 Å². The summed E-state index contributed by atoms with van der Waals surface area (Å²) in [7, 11) is 0. The molecule has 0 aromatic carbocycles. The summed E-state index contributed by atoms with van der Waals surface area (Å²) in [6.07, 6.45) is 1.82. The molecule has 2 heterocycles. The molecule has 0 bridgehead atoms. The predicted molar refractivity (Wildman–Crippen MR) is 90.8 cm³/mol. The summed E-state index contributed by atoms with van der Waals surface area (Å²) in [5.74, 6) is 1.09. The average Bonchev–Trinajstić information content (AvgIpc) is 2.43. The Morgan fingerprint density at radius 3 is 2.87 bits per heavy atom. The Balaban J connectivity index is 1.87. The number of halogens is 1. The van der Waals surface area contributed by atoms with Gasteiger partial charge in [-0.2, -0.15) is 0 Å². The number of aromatic nitrogens is 2. The van der Waals surface area contributed by atoms with Gasteiger partial charge < -0.3 is 15.0 Å². The van der Waals surface area contributed by atoms with Gasteiger partial charge in [-0.05, 0) is 58.1 Å². The highest BCUT2D eigenvalue weighted by Gasteiger charge is 2.27. The molecular weight excluding hydrogens is 316 g/mol. The summed E-state index contributed by atoms with van der Waals surface area (Å²) >= 11 is 5.87. The molecule has 1 aliphatic heterocycles. The summed E-state index contributed by atoms with van der Waals surface area (Å²) in [5.41, 5.74) is 0.365. The number of hydrogen-bond donors (Lipinski definition) is 1. The summed E-state index contributed by atoms with van der Waals surface area (Å²) in [6, 6.07) is 1.86. The first-order valence-electron chi connectivity index (χ1n) is 7.96. The van der Waals surface area contributed by atoms with Gasteiger partial charge in [0, 0.05) is 31.4 Å². The van der Waals surface area contributed by atoms with E-state index in [0.717, 1.165) is 37.4 Å². The fourth-order valence-electron chi connectivity index (χ4n) is 2.60. The minimum Gasteiger partial charge on any atom is -0.444 e. The number of carbonyl (C=O) groups excluding carboxylic acids is 1. The average molecular weight is 341 g/mol. The van der Waals surface area contributed by atoms with E-state index in [1.54, 1.807) is 4.90 Å². The minimum absolute atomic E-state index is 0.233. The van der Waals surface area contributed by atoms with Crippen molar-refractivity contribution in [1.82, 2.24) is 14.9 Å². The van der Waals surface area contributed by atoms with Gasteiger partial charge in [-0.3, -0.25) is 0 Å². The second-order valence-electron chi connectivity index (χ2n) is 6.98. The lowest BCUT2D eigenvalue weighted by molar-refractivity contribution is 0.0172. The van der Waals surface area contributed by atoms with Crippen molar-refractivity contribution in [2.24, 2.45) is 5.92 Å². The molecule has 6 nitrogen and oxygen atoms in total. The topological polar surface area (TPSA) is 67.4 Å². The number of ether oxygens (including phenoxy) is 1. The van der Waals surface area contributed by atoms with Gasteiger partial charge in [-0.25, -0.2) is 14.8 Å². The van der Waals surface area contributed by atoms with E-state index >= 15 is 0 Å². The molecule has 1 fully saturated rings. The lowest BCUT2D eigenvalue weighted by atomic mass is 9.98. The van der Waals surface area contributed by atoms with Gasteiger partial charge in [0.25, 0.3) is 0 Å². The van der Waals surface area contributed by atoms with Crippen LogP contribution in [0.4, 0.5) is 10.6 Å². The third-order valence-electron chi connectivity index (χ3n) is 3.57. The van der Waals surface area contributed by atoms with E-state index in [-0.39, 0.29) is 11.4 Å². The van der Waals surface area contributed by atoms with E-state index < -0.39 is 5.60 Å². The number of likely N-dealkylation sites (tertiary alicyclic amines) is 1. The van der Waals surface area contributed by atoms with Crippen molar-refractivity contribution >= 4 is 23.5 Å². The molecule has 1 atom stereocenters. The summed E-state index contributed by atoms with van der Waals surface area (Å²) in [4.78, 5) is 22.2. The normalized spacial score (nSPS) is 18.7. The van der Waals surface area contributed by atoms with Gasteiger partial charge in [-0.1, -0.05) is 0 Å². The first-order chi connectivity index (χ1) is 10.7. The molecule has 128 valence electrons. The Labute approximate surface area is 142 Å². The van der Waals surface area contributed by atoms with E-state index in [1.165, 1.54) is 0 Å². The molecule has 1 unspecified atom stereocenters. The Morgan fingerprint density at radius 1 is 1.48 bits per heavy atom. The van der Waals surface area contributed by atoms with Crippen LogP contribution in [0.2, 0.25) is 5.28 Å². The monoisotopic (exact) mass is 340 g/mol. The van der Waals surface area contributed by atoms with Crippen molar-refractivity contribution in [3.8, 4) is 0 Å². The Bertz CT molecular complexity index is 539. The Kier molecular flexibility index (Phi) is 5.68. The summed E-state index contributed by atoms with van der Waals surface area (Å²) in [6.45, 7) is 9.72. The second-order valence-corrected chi connectivity index (χ2v) is 7.32. The van der Waals surface area contributed by atoms with Crippen LogP contribution in [0.3, 0.4) is 0 Å². The summed E-state index contributed by atoms with van der Waals surface area (Å²) in [5, 5.41) is 3.53. The molecule has 1 aliphatic rings. The van der Waals surface area contributed by atoms with E-state index in [0.29, 0.717) is 12.5 Å². The van der Waals surface area contributed by atoms with Crippen LogP contribution >= 0.6 is 11.6 Å². The van der Waals surface area contributed by atoms with Crippen LogP contribution in [0.1, 0.15) is 39.3 Å². The third kappa shape index (κ3) is 5.86. The highest BCUT2D eigenvalue weighted by Crippen LogP contribution is 2.20. The molecule has 0 aliphatic carbocycles. The first-order valence-corrected chi connectivity index (χ1v) is 8.34. The molecular formula is C16H25ClN4O2. The van der Waals surface area contributed by atoms with Crippen molar-refractivity contribution < 1.29 is 9.53 Å². The van der Waals surface area contributed by atoms with E-state index in [2.05, 4.69) is 15.3 Å². The molecule has 0 spiro atoms. The van der Waals surface area contributed by atoms with Gasteiger partial charge >= 0.3 is 6.09 Å². The fraction of sp³-hybridized carbons (Fsp3) is 0.688. The molecule has 1 aromatic heterocycles. The number of rotatable bonds is 3. The number of amides is 1. The van der Waals surface area contributed by atoms with Crippen molar-refractivity contribution in [3.63, 3.8) is 0 Å². The molecule has 1 saturated heterocycles. The van der Waals surface area contributed by atoms with Crippen molar-refractivity contribution in [1.29, 1.82) is 0 Å². The number of hydrogen-bond acceptors (Lipinski definition) is 5. The number of carbonyl (C=O) groups is 1. The van der Waals surface area contributed by atoms with Gasteiger partial charge in [0.15, 0.2) is 0 Å². The van der Waals surface area contributed by atoms with Gasteiger partial charge in [0.05, 0.1) is 0 Å². The lowest BCUT2D eigenvalue weighted by Gasteiger charge is -2.34. The zero-order valence-electron chi connectivity index (χ0n) is 14.2. The molecule has 7 heteroatoms.